The lowest BCUT2D eigenvalue weighted by Crippen LogP contribution is -2.43. The van der Waals surface area contributed by atoms with E-state index in [1.54, 1.807) is 4.90 Å². The SMILES string of the molecule is C[C@@H]1CCCC[C@H]1NC(=O)COC(=O)[C@@H]1CC(=O)N([C@@H](C)c2ccccc2)C1. The van der Waals surface area contributed by atoms with Gasteiger partial charge >= 0.3 is 5.97 Å². The molecule has 3 rings (SSSR count). The van der Waals surface area contributed by atoms with Crippen LogP contribution in [0.4, 0.5) is 0 Å². The summed E-state index contributed by atoms with van der Waals surface area (Å²) >= 11 is 0. The van der Waals surface area contributed by atoms with Gasteiger partial charge in [-0.3, -0.25) is 14.4 Å². The summed E-state index contributed by atoms with van der Waals surface area (Å²) < 4.78 is 5.22. The van der Waals surface area contributed by atoms with Crippen LogP contribution in [0.2, 0.25) is 0 Å². The molecule has 1 aliphatic heterocycles. The summed E-state index contributed by atoms with van der Waals surface area (Å²) in [4.78, 5) is 38.6. The van der Waals surface area contributed by atoms with Crippen LogP contribution >= 0.6 is 0 Å². The van der Waals surface area contributed by atoms with Crippen molar-refractivity contribution in [3.05, 3.63) is 35.9 Å². The topological polar surface area (TPSA) is 75.7 Å². The molecule has 1 saturated heterocycles. The largest absolute Gasteiger partial charge is 0.455 e. The number of esters is 1. The lowest BCUT2D eigenvalue weighted by atomic mass is 9.86. The molecule has 1 aliphatic carbocycles. The van der Waals surface area contributed by atoms with E-state index in [4.69, 9.17) is 4.74 Å². The quantitative estimate of drug-likeness (QED) is 0.763. The Hall–Kier alpha value is -2.37. The molecule has 0 bridgehead atoms. The van der Waals surface area contributed by atoms with Crippen molar-refractivity contribution in [3.63, 3.8) is 0 Å². The van der Waals surface area contributed by atoms with Crippen LogP contribution in [-0.4, -0.2) is 41.9 Å². The van der Waals surface area contributed by atoms with Gasteiger partial charge in [-0.05, 0) is 31.2 Å². The Labute approximate surface area is 166 Å². The van der Waals surface area contributed by atoms with E-state index in [0.717, 1.165) is 24.8 Å². The van der Waals surface area contributed by atoms with Gasteiger partial charge in [-0.15, -0.1) is 0 Å². The molecule has 1 saturated carbocycles. The molecule has 1 aromatic carbocycles. The maximum absolute atomic E-state index is 12.4. The van der Waals surface area contributed by atoms with Gasteiger partial charge in [-0.25, -0.2) is 0 Å². The lowest BCUT2D eigenvalue weighted by Gasteiger charge is -2.29. The molecule has 0 spiro atoms. The summed E-state index contributed by atoms with van der Waals surface area (Å²) in [6.07, 6.45) is 4.55. The second kappa shape index (κ2) is 9.22. The standard InChI is InChI=1S/C22H30N2O4/c1-15-8-6-7-11-19(15)23-20(25)14-28-22(27)18-12-21(26)24(13-18)16(2)17-9-4-3-5-10-17/h3-5,9-10,15-16,18-19H,6-8,11-14H2,1-2H3,(H,23,25)/t15-,16+,18-,19-/m1/s1. The average Bonchev–Trinajstić information content (AvgIpc) is 3.10. The predicted octanol–water partition coefficient (Wildman–Crippen LogP) is 2.83. The van der Waals surface area contributed by atoms with E-state index in [-0.39, 0.29) is 36.9 Å². The highest BCUT2D eigenvalue weighted by Gasteiger charge is 2.38. The Balaban J connectivity index is 1.47. The first kappa shape index (κ1) is 20.4. The number of amides is 2. The molecule has 6 heteroatoms. The van der Waals surface area contributed by atoms with Gasteiger partial charge in [0.2, 0.25) is 5.91 Å². The van der Waals surface area contributed by atoms with Gasteiger partial charge in [0.15, 0.2) is 6.61 Å². The summed E-state index contributed by atoms with van der Waals surface area (Å²) in [5.74, 6) is -0.846. The zero-order valence-electron chi connectivity index (χ0n) is 16.7. The maximum atomic E-state index is 12.4. The lowest BCUT2D eigenvalue weighted by molar-refractivity contribution is -0.152. The molecule has 6 nitrogen and oxygen atoms in total. The van der Waals surface area contributed by atoms with Crippen molar-refractivity contribution in [1.82, 2.24) is 10.2 Å². The third-order valence-corrected chi connectivity index (χ3v) is 6.04. The number of nitrogens with zero attached hydrogens (tertiary/aromatic N) is 1. The van der Waals surface area contributed by atoms with Crippen LogP contribution in [0.5, 0.6) is 0 Å². The molecule has 28 heavy (non-hydrogen) atoms. The third kappa shape index (κ3) is 4.91. The predicted molar refractivity (Wildman–Crippen MR) is 105 cm³/mol. The highest BCUT2D eigenvalue weighted by Crippen LogP contribution is 2.29. The summed E-state index contributed by atoms with van der Waals surface area (Å²) in [7, 11) is 0. The van der Waals surface area contributed by atoms with E-state index in [9.17, 15) is 14.4 Å². The molecule has 2 fully saturated rings. The second-order valence-electron chi connectivity index (χ2n) is 8.08. The molecule has 1 aromatic rings. The highest BCUT2D eigenvalue weighted by atomic mass is 16.5. The Bertz CT molecular complexity index is 706. The zero-order valence-corrected chi connectivity index (χ0v) is 16.7. The van der Waals surface area contributed by atoms with Gasteiger partial charge in [0, 0.05) is 19.0 Å². The van der Waals surface area contributed by atoms with E-state index in [2.05, 4.69) is 12.2 Å². The smallest absolute Gasteiger partial charge is 0.311 e. The number of hydrogen-bond donors (Lipinski definition) is 1. The van der Waals surface area contributed by atoms with Gasteiger partial charge < -0.3 is 15.0 Å². The fourth-order valence-corrected chi connectivity index (χ4v) is 4.21. The van der Waals surface area contributed by atoms with Crippen molar-refractivity contribution in [2.75, 3.05) is 13.2 Å². The molecule has 1 N–H and O–H groups in total. The Kier molecular flexibility index (Phi) is 6.70. The summed E-state index contributed by atoms with van der Waals surface area (Å²) in [6, 6.07) is 9.81. The number of carbonyl (C=O) groups excluding carboxylic acids is 3. The maximum Gasteiger partial charge on any atom is 0.311 e. The van der Waals surface area contributed by atoms with Crippen LogP contribution in [-0.2, 0) is 19.1 Å². The number of carbonyl (C=O) groups is 3. The van der Waals surface area contributed by atoms with Gasteiger partial charge in [0.25, 0.3) is 5.91 Å². The van der Waals surface area contributed by atoms with Crippen molar-refractivity contribution in [1.29, 1.82) is 0 Å². The van der Waals surface area contributed by atoms with Crippen LogP contribution in [0.15, 0.2) is 30.3 Å². The number of hydrogen-bond acceptors (Lipinski definition) is 4. The molecule has 152 valence electrons. The van der Waals surface area contributed by atoms with Crippen molar-refractivity contribution >= 4 is 17.8 Å². The van der Waals surface area contributed by atoms with E-state index in [1.807, 2.05) is 37.3 Å². The van der Waals surface area contributed by atoms with Crippen LogP contribution < -0.4 is 5.32 Å². The fraction of sp³-hybridized carbons (Fsp3) is 0.591. The van der Waals surface area contributed by atoms with E-state index in [0.29, 0.717) is 12.5 Å². The Morgan fingerprint density at radius 3 is 2.64 bits per heavy atom. The summed E-state index contributed by atoms with van der Waals surface area (Å²) in [5, 5.41) is 2.98. The first-order valence-electron chi connectivity index (χ1n) is 10.3. The van der Waals surface area contributed by atoms with Crippen LogP contribution in [0, 0.1) is 11.8 Å². The number of nitrogens with one attached hydrogen (secondary N) is 1. The molecule has 2 aliphatic rings. The van der Waals surface area contributed by atoms with Crippen molar-refractivity contribution < 1.29 is 19.1 Å². The van der Waals surface area contributed by atoms with E-state index in [1.165, 1.54) is 6.42 Å². The second-order valence-corrected chi connectivity index (χ2v) is 8.08. The van der Waals surface area contributed by atoms with Crippen LogP contribution in [0.1, 0.15) is 57.6 Å². The van der Waals surface area contributed by atoms with Crippen LogP contribution in [0.3, 0.4) is 0 Å². The summed E-state index contributed by atoms with van der Waals surface area (Å²) in [5.41, 5.74) is 1.03. The number of rotatable bonds is 6. The molecule has 1 heterocycles. The highest BCUT2D eigenvalue weighted by molar-refractivity contribution is 5.88. The van der Waals surface area contributed by atoms with Crippen LogP contribution in [0.25, 0.3) is 0 Å². The number of likely N-dealkylation sites (tertiary alicyclic amines) is 1. The minimum absolute atomic E-state index is 0.0567. The number of benzene rings is 1. The molecule has 0 unspecified atom stereocenters. The first-order valence-corrected chi connectivity index (χ1v) is 10.3. The monoisotopic (exact) mass is 386 g/mol. The molecular weight excluding hydrogens is 356 g/mol. The normalized spacial score (nSPS) is 26.0. The summed E-state index contributed by atoms with van der Waals surface area (Å²) in [6.45, 7) is 4.15. The molecule has 2 amide bonds. The average molecular weight is 386 g/mol. The molecular formula is C22H30N2O4. The Morgan fingerprint density at radius 1 is 1.21 bits per heavy atom. The fourth-order valence-electron chi connectivity index (χ4n) is 4.21. The molecule has 0 aromatic heterocycles. The van der Waals surface area contributed by atoms with Gasteiger partial charge in [0.1, 0.15) is 0 Å². The minimum Gasteiger partial charge on any atom is -0.455 e. The number of ether oxygens (including phenoxy) is 1. The van der Waals surface area contributed by atoms with E-state index < -0.39 is 11.9 Å². The van der Waals surface area contributed by atoms with Gasteiger partial charge in [-0.1, -0.05) is 50.1 Å². The van der Waals surface area contributed by atoms with Crippen molar-refractivity contribution in [2.24, 2.45) is 11.8 Å². The van der Waals surface area contributed by atoms with Gasteiger partial charge in [0.05, 0.1) is 12.0 Å². The molecule has 0 radical (unpaired) electrons. The first-order chi connectivity index (χ1) is 13.5. The third-order valence-electron chi connectivity index (χ3n) is 6.04. The Morgan fingerprint density at radius 2 is 1.93 bits per heavy atom. The minimum atomic E-state index is -0.514. The zero-order chi connectivity index (χ0) is 20.1. The molecule has 4 atom stereocenters. The van der Waals surface area contributed by atoms with Crippen molar-refractivity contribution in [2.45, 2.75) is 58.0 Å². The van der Waals surface area contributed by atoms with Gasteiger partial charge in [-0.2, -0.15) is 0 Å². The van der Waals surface area contributed by atoms with E-state index >= 15 is 0 Å². The van der Waals surface area contributed by atoms with Crippen molar-refractivity contribution in [3.8, 4) is 0 Å².